The Morgan fingerprint density at radius 3 is 2.43 bits per heavy atom. The van der Waals surface area contributed by atoms with Gasteiger partial charge < -0.3 is 5.73 Å². The van der Waals surface area contributed by atoms with E-state index in [2.05, 4.69) is 15.9 Å². The molecular weight excluding hydrogens is 376 g/mol. The highest BCUT2D eigenvalue weighted by atomic mass is 79.9. The summed E-state index contributed by atoms with van der Waals surface area (Å²) in [6, 6.07) is 1.87. The number of alkyl halides is 3. The molecule has 0 bridgehead atoms. The van der Waals surface area contributed by atoms with Gasteiger partial charge in [-0.3, -0.25) is 4.90 Å². The molecule has 1 aromatic rings. The molecule has 2 rings (SSSR count). The molecule has 0 aromatic heterocycles. The van der Waals surface area contributed by atoms with Gasteiger partial charge in [-0.15, -0.1) is 12.4 Å². The summed E-state index contributed by atoms with van der Waals surface area (Å²) in [6.07, 6.45) is -3.15. The zero-order valence-corrected chi connectivity index (χ0v) is 13.4. The maximum absolute atomic E-state index is 14.1. The second-order valence-electron chi connectivity index (χ2n) is 4.84. The maximum atomic E-state index is 14.1. The molecule has 2 nitrogen and oxygen atoms in total. The van der Waals surface area contributed by atoms with E-state index in [1.165, 1.54) is 23.1 Å². The summed E-state index contributed by atoms with van der Waals surface area (Å²) in [7, 11) is 0. The van der Waals surface area contributed by atoms with E-state index in [0.717, 1.165) is 0 Å². The van der Waals surface area contributed by atoms with Crippen molar-refractivity contribution in [2.75, 3.05) is 13.1 Å². The Morgan fingerprint density at radius 1 is 1.33 bits per heavy atom. The second-order valence-corrected chi connectivity index (χ2v) is 5.70. The Balaban J connectivity index is 0.00000220. The van der Waals surface area contributed by atoms with E-state index in [1.54, 1.807) is 0 Å². The summed E-state index contributed by atoms with van der Waals surface area (Å²) in [5.41, 5.74) is 5.06. The molecule has 8 heteroatoms. The average molecular weight is 392 g/mol. The Morgan fingerprint density at radius 2 is 1.95 bits per heavy atom. The quantitative estimate of drug-likeness (QED) is 0.768. The lowest BCUT2D eigenvalue weighted by Crippen LogP contribution is -2.42. The van der Waals surface area contributed by atoms with E-state index < -0.39 is 18.0 Å². The first-order valence-electron chi connectivity index (χ1n) is 6.32. The van der Waals surface area contributed by atoms with E-state index in [4.69, 9.17) is 5.73 Å². The van der Waals surface area contributed by atoms with E-state index in [0.29, 0.717) is 12.8 Å². The largest absolute Gasteiger partial charge is 0.408 e. The van der Waals surface area contributed by atoms with Crippen LogP contribution in [0.5, 0.6) is 0 Å². The number of nitrogens with zero attached hydrogens (tertiary/aromatic N) is 1. The van der Waals surface area contributed by atoms with Crippen molar-refractivity contribution in [3.8, 4) is 0 Å². The van der Waals surface area contributed by atoms with Gasteiger partial charge in [0.25, 0.3) is 0 Å². The van der Waals surface area contributed by atoms with Crippen LogP contribution in [0.4, 0.5) is 17.6 Å². The van der Waals surface area contributed by atoms with Gasteiger partial charge in [0, 0.05) is 24.7 Å². The minimum atomic E-state index is -4.54. The normalized spacial score (nSPS) is 16.7. The van der Waals surface area contributed by atoms with Crippen LogP contribution < -0.4 is 5.73 Å². The van der Waals surface area contributed by atoms with Crippen LogP contribution in [0.3, 0.4) is 0 Å². The number of rotatable bonds is 5. The zero-order chi connectivity index (χ0) is 14.9. The Labute approximate surface area is 135 Å². The van der Waals surface area contributed by atoms with Gasteiger partial charge in [0.1, 0.15) is 11.9 Å². The topological polar surface area (TPSA) is 29.3 Å². The van der Waals surface area contributed by atoms with Crippen LogP contribution in [0.1, 0.15) is 24.4 Å². The van der Waals surface area contributed by atoms with Crippen LogP contribution in [0, 0.1) is 5.82 Å². The van der Waals surface area contributed by atoms with Gasteiger partial charge in [0.15, 0.2) is 0 Å². The maximum Gasteiger partial charge on any atom is 0.408 e. The minimum absolute atomic E-state index is 0. The van der Waals surface area contributed by atoms with Gasteiger partial charge in [-0.1, -0.05) is 12.1 Å². The summed E-state index contributed by atoms with van der Waals surface area (Å²) in [6.45, 7) is 0.208. The smallest absolute Gasteiger partial charge is 0.329 e. The molecule has 0 saturated heterocycles. The monoisotopic (exact) mass is 390 g/mol. The number of hydrogen-bond acceptors (Lipinski definition) is 2. The number of benzene rings is 1. The lowest BCUT2D eigenvalue weighted by Gasteiger charge is -2.33. The van der Waals surface area contributed by atoms with Crippen molar-refractivity contribution < 1.29 is 17.6 Å². The van der Waals surface area contributed by atoms with Crippen molar-refractivity contribution in [1.82, 2.24) is 4.90 Å². The van der Waals surface area contributed by atoms with Gasteiger partial charge in [-0.05, 0) is 34.8 Å². The standard InChI is InChI=1S/C13H15BrF4N2.ClH/c14-10-3-1-2-9(11(10)15)12(13(16,17)18)20(7-6-19)8-4-5-8;/h1-3,8,12H,4-7,19H2;1H. The van der Waals surface area contributed by atoms with Gasteiger partial charge in [-0.25, -0.2) is 4.39 Å². The van der Waals surface area contributed by atoms with Crippen molar-refractivity contribution in [1.29, 1.82) is 0 Å². The lowest BCUT2D eigenvalue weighted by molar-refractivity contribution is -0.188. The van der Waals surface area contributed by atoms with Crippen LogP contribution >= 0.6 is 28.3 Å². The summed E-state index contributed by atoms with van der Waals surface area (Å²) in [4.78, 5) is 1.27. The molecule has 1 saturated carbocycles. The first kappa shape index (κ1) is 18.7. The summed E-state index contributed by atoms with van der Waals surface area (Å²) in [5.74, 6) is -0.863. The van der Waals surface area contributed by atoms with E-state index in [1.807, 2.05) is 0 Å². The van der Waals surface area contributed by atoms with E-state index in [-0.39, 0.29) is 41.6 Å². The molecule has 0 spiro atoms. The zero-order valence-electron chi connectivity index (χ0n) is 11.0. The minimum Gasteiger partial charge on any atom is -0.329 e. The Hall–Kier alpha value is -0.370. The third-order valence-electron chi connectivity index (χ3n) is 3.32. The van der Waals surface area contributed by atoms with Gasteiger partial charge in [0.05, 0.1) is 4.47 Å². The molecule has 1 unspecified atom stereocenters. The van der Waals surface area contributed by atoms with Crippen LogP contribution in [-0.4, -0.2) is 30.2 Å². The van der Waals surface area contributed by atoms with Crippen LogP contribution in [0.2, 0.25) is 0 Å². The molecule has 1 atom stereocenters. The molecule has 1 aromatic carbocycles. The lowest BCUT2D eigenvalue weighted by atomic mass is 10.0. The molecule has 1 aliphatic rings. The van der Waals surface area contributed by atoms with Gasteiger partial charge >= 0.3 is 6.18 Å². The fourth-order valence-electron chi connectivity index (χ4n) is 2.35. The summed E-state index contributed by atoms with van der Waals surface area (Å²) >= 11 is 2.94. The molecule has 0 aliphatic heterocycles. The molecule has 0 heterocycles. The van der Waals surface area contributed by atoms with Crippen molar-refractivity contribution in [3.05, 3.63) is 34.1 Å². The van der Waals surface area contributed by atoms with Crippen molar-refractivity contribution in [2.45, 2.75) is 31.1 Å². The first-order valence-corrected chi connectivity index (χ1v) is 7.12. The first-order chi connectivity index (χ1) is 9.36. The van der Waals surface area contributed by atoms with Crippen LogP contribution in [-0.2, 0) is 0 Å². The van der Waals surface area contributed by atoms with Gasteiger partial charge in [0.2, 0.25) is 0 Å². The Kier molecular flexibility index (Phi) is 6.46. The second kappa shape index (κ2) is 7.26. The molecule has 1 fully saturated rings. The predicted molar refractivity (Wildman–Crippen MR) is 78.9 cm³/mol. The molecule has 0 radical (unpaired) electrons. The number of hydrogen-bond donors (Lipinski definition) is 1. The highest BCUT2D eigenvalue weighted by Crippen LogP contribution is 2.44. The van der Waals surface area contributed by atoms with E-state index >= 15 is 0 Å². The van der Waals surface area contributed by atoms with E-state index in [9.17, 15) is 17.6 Å². The number of nitrogens with two attached hydrogens (primary N) is 1. The molecule has 2 N–H and O–H groups in total. The van der Waals surface area contributed by atoms with Gasteiger partial charge in [-0.2, -0.15) is 13.2 Å². The van der Waals surface area contributed by atoms with Crippen molar-refractivity contribution in [3.63, 3.8) is 0 Å². The third-order valence-corrected chi connectivity index (χ3v) is 3.93. The molecule has 120 valence electrons. The highest BCUT2D eigenvalue weighted by Gasteiger charge is 2.49. The predicted octanol–water partition coefficient (Wildman–Crippen LogP) is 4.04. The average Bonchev–Trinajstić information content (AvgIpc) is 3.16. The van der Waals surface area contributed by atoms with Crippen molar-refractivity contribution in [2.24, 2.45) is 5.73 Å². The summed E-state index contributed by atoms with van der Waals surface area (Å²) < 4.78 is 54.3. The van der Waals surface area contributed by atoms with Crippen LogP contribution in [0.15, 0.2) is 22.7 Å². The number of halogens is 6. The molecule has 1 aliphatic carbocycles. The fourth-order valence-corrected chi connectivity index (χ4v) is 2.73. The Bertz CT molecular complexity index is 480. The molecular formula is C13H16BrClF4N2. The third kappa shape index (κ3) is 4.31. The molecule has 0 amide bonds. The summed E-state index contributed by atoms with van der Waals surface area (Å²) in [5, 5.41) is 0. The highest BCUT2D eigenvalue weighted by molar-refractivity contribution is 9.10. The van der Waals surface area contributed by atoms with Crippen LogP contribution in [0.25, 0.3) is 0 Å². The fraction of sp³-hybridized carbons (Fsp3) is 0.538. The SMILES string of the molecule is Cl.NCCN(C1CC1)C(c1cccc(Br)c1F)C(F)(F)F. The molecule has 21 heavy (non-hydrogen) atoms. The van der Waals surface area contributed by atoms with Crippen molar-refractivity contribution >= 4 is 28.3 Å².